The third-order valence-electron chi connectivity index (χ3n) is 1.85. The second-order valence-corrected chi connectivity index (χ2v) is 4.07. The summed E-state index contributed by atoms with van der Waals surface area (Å²) < 4.78 is 17.8. The van der Waals surface area contributed by atoms with Crippen LogP contribution < -0.4 is 0 Å². The van der Waals surface area contributed by atoms with Crippen LogP contribution in [0.25, 0.3) is 0 Å². The molecule has 0 spiro atoms. The van der Waals surface area contributed by atoms with E-state index in [0.717, 1.165) is 0 Å². The number of carbonyl (C=O) groups is 1. The molecule has 5 heteroatoms. The number of esters is 1. The number of thioether (sulfide) groups is 1. The molecular formula is C11H10FNO2S. The Hall–Kier alpha value is -1.54. The minimum atomic E-state index is -0.436. The molecule has 0 saturated carbocycles. The van der Waals surface area contributed by atoms with Crippen LogP contribution in [0.4, 0.5) is 4.39 Å². The van der Waals surface area contributed by atoms with Gasteiger partial charge in [0, 0.05) is 10.6 Å². The molecule has 3 nitrogen and oxygen atoms in total. The van der Waals surface area contributed by atoms with Crippen molar-refractivity contribution >= 4 is 17.7 Å². The molecule has 0 fully saturated rings. The van der Waals surface area contributed by atoms with E-state index in [1.165, 1.54) is 31.0 Å². The number of carbonyl (C=O) groups excluding carboxylic acids is 1. The summed E-state index contributed by atoms with van der Waals surface area (Å²) in [6.07, 6.45) is 0.237. The number of ether oxygens (including phenoxy) is 1. The van der Waals surface area contributed by atoms with Gasteiger partial charge in [0.15, 0.2) is 0 Å². The Balaban J connectivity index is 2.55. The van der Waals surface area contributed by atoms with Gasteiger partial charge in [-0.3, -0.25) is 4.79 Å². The maximum Gasteiger partial charge on any atom is 0.306 e. The smallest absolute Gasteiger partial charge is 0.306 e. The van der Waals surface area contributed by atoms with E-state index in [1.807, 2.05) is 6.07 Å². The van der Waals surface area contributed by atoms with Gasteiger partial charge in [0.2, 0.25) is 0 Å². The number of hydrogen-bond donors (Lipinski definition) is 0. The van der Waals surface area contributed by atoms with Gasteiger partial charge < -0.3 is 4.74 Å². The molecule has 84 valence electrons. The predicted octanol–water partition coefficient (Wildman–Crippen LogP) is 2.35. The van der Waals surface area contributed by atoms with Crippen molar-refractivity contribution in [3.8, 4) is 6.07 Å². The Labute approximate surface area is 97.2 Å². The van der Waals surface area contributed by atoms with Crippen molar-refractivity contribution in [3.63, 3.8) is 0 Å². The fraction of sp³-hybridized carbons (Fsp3) is 0.273. The summed E-state index contributed by atoms with van der Waals surface area (Å²) in [4.78, 5) is 11.2. The van der Waals surface area contributed by atoms with Crippen molar-refractivity contribution in [2.45, 2.75) is 11.3 Å². The molecule has 0 atom stereocenters. The maximum atomic E-state index is 13.4. The van der Waals surface area contributed by atoms with Crippen LogP contribution in [0, 0.1) is 17.1 Å². The molecule has 1 aromatic carbocycles. The van der Waals surface area contributed by atoms with Crippen molar-refractivity contribution in [2.75, 3.05) is 12.9 Å². The summed E-state index contributed by atoms with van der Waals surface area (Å²) in [5.41, 5.74) is 0.287. The number of benzene rings is 1. The molecule has 0 aliphatic carbocycles. The van der Waals surface area contributed by atoms with Crippen LogP contribution in [0.3, 0.4) is 0 Å². The standard InChI is InChI=1S/C11H10FNO2S/c1-15-11(14)4-5-16-10-3-2-8(7-13)6-9(10)12/h2-3,6H,4-5H2,1H3. The first-order valence-electron chi connectivity index (χ1n) is 4.56. The molecule has 16 heavy (non-hydrogen) atoms. The van der Waals surface area contributed by atoms with Gasteiger partial charge >= 0.3 is 5.97 Å². The Morgan fingerprint density at radius 1 is 1.62 bits per heavy atom. The molecule has 0 heterocycles. The Morgan fingerprint density at radius 2 is 2.38 bits per heavy atom. The number of halogens is 1. The van der Waals surface area contributed by atoms with E-state index in [2.05, 4.69) is 4.74 Å². The first-order chi connectivity index (χ1) is 7.67. The van der Waals surface area contributed by atoms with Crippen LogP contribution in [0.2, 0.25) is 0 Å². The summed E-state index contributed by atoms with van der Waals surface area (Å²) in [6.45, 7) is 0. The van der Waals surface area contributed by atoms with Crippen LogP contribution in [-0.2, 0) is 9.53 Å². The number of nitriles is 1. The molecule has 1 rings (SSSR count). The quantitative estimate of drug-likeness (QED) is 0.597. The Morgan fingerprint density at radius 3 is 2.94 bits per heavy atom. The highest BCUT2D eigenvalue weighted by molar-refractivity contribution is 7.99. The SMILES string of the molecule is COC(=O)CCSc1ccc(C#N)cc1F. The van der Waals surface area contributed by atoms with Crippen molar-refractivity contribution < 1.29 is 13.9 Å². The van der Waals surface area contributed by atoms with Crippen LogP contribution in [-0.4, -0.2) is 18.8 Å². The lowest BCUT2D eigenvalue weighted by molar-refractivity contribution is -0.140. The number of rotatable bonds is 4. The van der Waals surface area contributed by atoms with E-state index in [-0.39, 0.29) is 18.0 Å². The summed E-state index contributed by atoms with van der Waals surface area (Å²) >= 11 is 1.22. The summed E-state index contributed by atoms with van der Waals surface area (Å²) in [6, 6.07) is 6.12. The molecular weight excluding hydrogens is 229 g/mol. The molecule has 0 amide bonds. The fourth-order valence-electron chi connectivity index (χ4n) is 1.03. The zero-order valence-corrected chi connectivity index (χ0v) is 9.51. The maximum absolute atomic E-state index is 13.4. The van der Waals surface area contributed by atoms with E-state index < -0.39 is 5.82 Å². The minimum Gasteiger partial charge on any atom is -0.469 e. The fourth-order valence-corrected chi connectivity index (χ4v) is 1.88. The molecule has 0 aliphatic heterocycles. The van der Waals surface area contributed by atoms with Crippen LogP contribution >= 0.6 is 11.8 Å². The van der Waals surface area contributed by atoms with Gasteiger partial charge in [-0.05, 0) is 18.2 Å². The molecule has 0 unspecified atom stereocenters. The lowest BCUT2D eigenvalue weighted by atomic mass is 10.2. The second-order valence-electron chi connectivity index (χ2n) is 2.93. The van der Waals surface area contributed by atoms with Gasteiger partial charge in [0.25, 0.3) is 0 Å². The normalized spacial score (nSPS) is 9.56. The average molecular weight is 239 g/mol. The van der Waals surface area contributed by atoms with E-state index in [4.69, 9.17) is 5.26 Å². The zero-order valence-electron chi connectivity index (χ0n) is 8.70. The molecule has 0 bridgehead atoms. The van der Waals surface area contributed by atoms with E-state index in [1.54, 1.807) is 6.07 Å². The Kier molecular flexibility index (Phi) is 4.80. The monoisotopic (exact) mass is 239 g/mol. The van der Waals surface area contributed by atoms with Crippen LogP contribution in [0.1, 0.15) is 12.0 Å². The van der Waals surface area contributed by atoms with E-state index in [0.29, 0.717) is 10.6 Å². The highest BCUT2D eigenvalue weighted by atomic mass is 32.2. The van der Waals surface area contributed by atoms with Gasteiger partial charge in [0.05, 0.1) is 25.2 Å². The summed E-state index contributed by atoms with van der Waals surface area (Å²) in [5, 5.41) is 8.55. The molecule has 0 N–H and O–H groups in total. The van der Waals surface area contributed by atoms with Crippen LogP contribution in [0.5, 0.6) is 0 Å². The first kappa shape index (κ1) is 12.5. The van der Waals surface area contributed by atoms with Gasteiger partial charge in [-0.2, -0.15) is 5.26 Å². The molecule has 0 aromatic heterocycles. The van der Waals surface area contributed by atoms with E-state index >= 15 is 0 Å². The zero-order chi connectivity index (χ0) is 12.0. The third kappa shape index (κ3) is 3.55. The van der Waals surface area contributed by atoms with Gasteiger partial charge in [-0.15, -0.1) is 11.8 Å². The number of methoxy groups -OCH3 is 1. The number of hydrogen-bond acceptors (Lipinski definition) is 4. The Bertz CT molecular complexity index is 428. The highest BCUT2D eigenvalue weighted by Gasteiger charge is 2.06. The van der Waals surface area contributed by atoms with E-state index in [9.17, 15) is 9.18 Å². The largest absolute Gasteiger partial charge is 0.469 e. The lowest BCUT2D eigenvalue weighted by Crippen LogP contribution is -2.01. The van der Waals surface area contributed by atoms with Gasteiger partial charge in [-0.25, -0.2) is 4.39 Å². The highest BCUT2D eigenvalue weighted by Crippen LogP contribution is 2.23. The predicted molar refractivity (Wildman–Crippen MR) is 58.5 cm³/mol. The molecule has 1 aromatic rings. The molecule has 0 radical (unpaired) electrons. The van der Waals surface area contributed by atoms with Gasteiger partial charge in [-0.1, -0.05) is 0 Å². The average Bonchev–Trinajstić information content (AvgIpc) is 2.30. The van der Waals surface area contributed by atoms with Gasteiger partial charge in [0.1, 0.15) is 5.82 Å². The van der Waals surface area contributed by atoms with Crippen molar-refractivity contribution in [2.24, 2.45) is 0 Å². The first-order valence-corrected chi connectivity index (χ1v) is 5.55. The molecule has 0 aliphatic rings. The number of nitrogens with zero attached hydrogens (tertiary/aromatic N) is 1. The lowest BCUT2D eigenvalue weighted by Gasteiger charge is -2.02. The van der Waals surface area contributed by atoms with Crippen molar-refractivity contribution in [1.82, 2.24) is 0 Å². The molecule has 0 saturated heterocycles. The minimum absolute atomic E-state index is 0.237. The third-order valence-corrected chi connectivity index (χ3v) is 2.90. The summed E-state index contributed by atoms with van der Waals surface area (Å²) in [5.74, 6) is -0.300. The van der Waals surface area contributed by atoms with Crippen molar-refractivity contribution in [3.05, 3.63) is 29.6 Å². The van der Waals surface area contributed by atoms with Crippen LogP contribution in [0.15, 0.2) is 23.1 Å². The summed E-state index contributed by atoms with van der Waals surface area (Å²) in [7, 11) is 1.31. The topological polar surface area (TPSA) is 50.1 Å². The second kappa shape index (κ2) is 6.13. The van der Waals surface area contributed by atoms with Crippen molar-refractivity contribution in [1.29, 1.82) is 5.26 Å².